The zero-order valence-corrected chi connectivity index (χ0v) is 26.8. The van der Waals surface area contributed by atoms with Crippen LogP contribution in [-0.2, 0) is 35.1 Å². The predicted molar refractivity (Wildman–Crippen MR) is 165 cm³/mol. The second-order valence-corrected chi connectivity index (χ2v) is 12.8. The van der Waals surface area contributed by atoms with E-state index in [1.54, 1.807) is 65.8 Å². The molecule has 0 saturated heterocycles. The van der Waals surface area contributed by atoms with Crippen molar-refractivity contribution in [1.82, 2.24) is 21.3 Å². The highest BCUT2D eigenvalue weighted by Crippen LogP contribution is 2.16. The lowest BCUT2D eigenvalue weighted by molar-refractivity contribution is -0.157. The summed E-state index contributed by atoms with van der Waals surface area (Å²) in [6.45, 7) is 9.11. The molecule has 1 atom stereocenters. The van der Waals surface area contributed by atoms with Crippen molar-refractivity contribution in [2.45, 2.75) is 65.2 Å². The topological polar surface area (TPSA) is 205 Å². The Labute approximate surface area is 265 Å². The minimum atomic E-state index is -1.02. The van der Waals surface area contributed by atoms with Crippen molar-refractivity contribution in [3.05, 3.63) is 51.7 Å². The molecule has 0 radical (unpaired) electrons. The largest absolute Gasteiger partial charge is 0.458 e. The summed E-state index contributed by atoms with van der Waals surface area (Å²) in [5.41, 5.74) is -0.442. The Morgan fingerprint density at radius 3 is 1.87 bits per heavy atom. The molecular weight excluding hydrogens is 604 g/mol. The smallest absolute Gasteiger partial charge is 0.408 e. The van der Waals surface area contributed by atoms with E-state index >= 15 is 0 Å². The number of alkyl carbamates (subject to hydrolysis) is 1. The molecule has 0 spiro atoms. The fraction of sp³-hybridized carbons (Fsp3) is 0.433. The van der Waals surface area contributed by atoms with Gasteiger partial charge in [0.2, 0.25) is 17.7 Å². The second kappa shape index (κ2) is 16.2. The van der Waals surface area contributed by atoms with Crippen LogP contribution in [0.1, 0.15) is 61.7 Å². The highest BCUT2D eigenvalue weighted by molar-refractivity contribution is 7.14. The van der Waals surface area contributed by atoms with E-state index in [9.17, 15) is 28.8 Å². The van der Waals surface area contributed by atoms with Gasteiger partial charge < -0.3 is 36.1 Å². The van der Waals surface area contributed by atoms with Gasteiger partial charge in [-0.25, -0.2) is 9.59 Å². The lowest BCUT2D eigenvalue weighted by Crippen LogP contribution is -2.47. The van der Waals surface area contributed by atoms with E-state index in [1.165, 1.54) is 12.1 Å². The molecule has 1 aromatic heterocycles. The first kappa shape index (κ1) is 36.2. The monoisotopic (exact) mass is 642 g/mol. The molecule has 0 aliphatic rings. The van der Waals surface area contributed by atoms with Gasteiger partial charge >= 0.3 is 12.1 Å². The highest BCUT2D eigenvalue weighted by atomic mass is 32.1. The number of hydrogen-bond acceptors (Lipinski definition) is 10. The van der Waals surface area contributed by atoms with Crippen molar-refractivity contribution in [3.63, 3.8) is 0 Å². The maximum absolute atomic E-state index is 12.8. The van der Waals surface area contributed by atoms with Crippen LogP contribution in [0.25, 0.3) is 0 Å². The summed E-state index contributed by atoms with van der Waals surface area (Å²) in [6.07, 6.45) is -0.662. The summed E-state index contributed by atoms with van der Waals surface area (Å²) in [6, 6.07) is 10.4. The van der Waals surface area contributed by atoms with Crippen molar-refractivity contribution < 1.29 is 38.2 Å². The van der Waals surface area contributed by atoms with Crippen LogP contribution in [0.2, 0.25) is 0 Å². The van der Waals surface area contributed by atoms with Crippen LogP contribution < -0.4 is 26.6 Å². The Kier molecular flexibility index (Phi) is 13.0. The third-order valence-electron chi connectivity index (χ3n) is 5.30. The number of nitrogens with one attached hydrogen (secondary N) is 5. The number of ether oxygens (including phenoxy) is 2. The van der Waals surface area contributed by atoms with Crippen LogP contribution in [0, 0.1) is 11.3 Å². The van der Waals surface area contributed by atoms with Gasteiger partial charge in [-0.05, 0) is 71.4 Å². The van der Waals surface area contributed by atoms with Crippen LogP contribution in [0.5, 0.6) is 0 Å². The Hall–Kier alpha value is -4.97. The Bertz CT molecular complexity index is 1430. The van der Waals surface area contributed by atoms with Gasteiger partial charge in [-0.1, -0.05) is 12.1 Å². The minimum Gasteiger partial charge on any atom is -0.458 e. The Balaban J connectivity index is 1.80. The molecule has 0 aliphatic heterocycles. The van der Waals surface area contributed by atoms with Crippen molar-refractivity contribution in [3.8, 4) is 6.07 Å². The first-order valence-electron chi connectivity index (χ1n) is 13.9. The van der Waals surface area contributed by atoms with Gasteiger partial charge in [0.15, 0.2) is 0 Å². The summed E-state index contributed by atoms with van der Waals surface area (Å²) >= 11 is 0.987. The van der Waals surface area contributed by atoms with E-state index in [0.29, 0.717) is 16.1 Å². The van der Waals surface area contributed by atoms with Crippen LogP contribution in [0.4, 0.5) is 10.5 Å². The molecular formula is C30H38N6O8S. The average Bonchev–Trinajstić information content (AvgIpc) is 3.42. The Morgan fingerprint density at radius 1 is 0.778 bits per heavy atom. The molecule has 0 fully saturated rings. The molecule has 0 saturated carbocycles. The SMILES string of the molecule is CC(C)(C)OC(=O)N[C@@H](Cc1ccc(NC(=O)CNC(=O)CNC(=O)CNC(=O)c2ccc(C#N)s2)cc1)C(=O)OC(C)(C)C. The quantitative estimate of drug-likeness (QED) is 0.214. The number of esters is 1. The predicted octanol–water partition coefficient (Wildman–Crippen LogP) is 2.00. The van der Waals surface area contributed by atoms with Crippen molar-refractivity contribution in [2.75, 3.05) is 25.0 Å². The normalized spacial score (nSPS) is 11.7. The lowest BCUT2D eigenvalue weighted by atomic mass is 10.0. The number of nitrogens with zero attached hydrogens (tertiary/aromatic N) is 1. The van der Waals surface area contributed by atoms with Crippen molar-refractivity contribution >= 4 is 52.7 Å². The average molecular weight is 643 g/mol. The van der Waals surface area contributed by atoms with E-state index in [-0.39, 0.29) is 24.4 Å². The molecule has 5 amide bonds. The van der Waals surface area contributed by atoms with E-state index in [2.05, 4.69) is 26.6 Å². The fourth-order valence-corrected chi connectivity index (χ4v) is 4.15. The Morgan fingerprint density at radius 2 is 1.33 bits per heavy atom. The number of thiophene rings is 1. The second-order valence-electron chi connectivity index (χ2n) is 11.7. The standard InChI is InChI=1S/C30H38N6O8S/c1-29(2,3)43-27(41)21(36-28(42)44-30(4,5)6)13-18-7-9-19(10-8-18)35-25(39)17-33-23(37)15-32-24(38)16-34-26(40)22-12-11-20(14-31)45-22/h7-12,21H,13,15-17H2,1-6H3,(H,32,38)(H,33,37)(H,34,40)(H,35,39)(H,36,42)/t21-/m0/s1. The van der Waals surface area contributed by atoms with E-state index in [0.717, 1.165) is 11.3 Å². The van der Waals surface area contributed by atoms with Gasteiger partial charge in [-0.3, -0.25) is 19.2 Å². The molecule has 0 unspecified atom stereocenters. The third-order valence-corrected chi connectivity index (χ3v) is 6.29. The molecule has 15 heteroatoms. The zero-order chi connectivity index (χ0) is 33.8. The minimum absolute atomic E-state index is 0.101. The first-order chi connectivity index (χ1) is 20.9. The molecule has 2 aromatic rings. The number of carbonyl (C=O) groups is 6. The zero-order valence-electron chi connectivity index (χ0n) is 26.0. The number of carbonyl (C=O) groups excluding carboxylic acids is 6. The number of anilines is 1. The fourth-order valence-electron chi connectivity index (χ4n) is 3.43. The van der Waals surface area contributed by atoms with E-state index in [4.69, 9.17) is 14.7 Å². The molecule has 45 heavy (non-hydrogen) atoms. The molecule has 1 aromatic carbocycles. The number of benzene rings is 1. The van der Waals surface area contributed by atoms with E-state index < -0.39 is 59.5 Å². The maximum atomic E-state index is 12.8. The molecule has 0 bridgehead atoms. The molecule has 5 N–H and O–H groups in total. The van der Waals surface area contributed by atoms with E-state index in [1.807, 2.05) is 6.07 Å². The molecule has 14 nitrogen and oxygen atoms in total. The maximum Gasteiger partial charge on any atom is 0.408 e. The van der Waals surface area contributed by atoms with Crippen LogP contribution >= 0.6 is 11.3 Å². The van der Waals surface area contributed by atoms with Crippen LogP contribution in [-0.4, -0.2) is 72.6 Å². The summed E-state index contributed by atoms with van der Waals surface area (Å²) < 4.78 is 10.7. The summed E-state index contributed by atoms with van der Waals surface area (Å²) in [7, 11) is 0. The summed E-state index contributed by atoms with van der Waals surface area (Å²) in [5.74, 6) is -2.92. The number of nitriles is 1. The lowest BCUT2D eigenvalue weighted by Gasteiger charge is -2.26. The molecule has 1 heterocycles. The van der Waals surface area contributed by atoms with Gasteiger partial charge in [-0.2, -0.15) is 5.26 Å². The number of rotatable bonds is 12. The molecule has 2 rings (SSSR count). The van der Waals surface area contributed by atoms with Crippen LogP contribution in [0.15, 0.2) is 36.4 Å². The van der Waals surface area contributed by atoms with Gasteiger partial charge in [0, 0.05) is 12.1 Å². The number of hydrogen-bond donors (Lipinski definition) is 5. The van der Waals surface area contributed by atoms with Gasteiger partial charge in [0.1, 0.15) is 28.2 Å². The van der Waals surface area contributed by atoms with Gasteiger partial charge in [0.25, 0.3) is 5.91 Å². The summed E-state index contributed by atoms with van der Waals surface area (Å²) in [4.78, 5) is 74.1. The van der Waals surface area contributed by atoms with Gasteiger partial charge in [0.05, 0.1) is 24.5 Å². The summed E-state index contributed by atoms with van der Waals surface area (Å²) in [5, 5.41) is 21.1. The highest BCUT2D eigenvalue weighted by Gasteiger charge is 2.29. The first-order valence-corrected chi connectivity index (χ1v) is 14.7. The molecule has 242 valence electrons. The van der Waals surface area contributed by atoms with Gasteiger partial charge in [-0.15, -0.1) is 11.3 Å². The molecule has 0 aliphatic carbocycles. The van der Waals surface area contributed by atoms with Crippen LogP contribution in [0.3, 0.4) is 0 Å². The third kappa shape index (κ3) is 14.4. The van der Waals surface area contributed by atoms with Crippen molar-refractivity contribution in [1.29, 1.82) is 5.26 Å². The van der Waals surface area contributed by atoms with Crippen molar-refractivity contribution in [2.24, 2.45) is 0 Å². The number of amides is 5.